The van der Waals surface area contributed by atoms with E-state index >= 15 is 0 Å². The largest absolute Gasteiger partial charge is 0.388 e. The van der Waals surface area contributed by atoms with Gasteiger partial charge in [-0.2, -0.15) is 13.5 Å². The molecule has 0 aliphatic carbocycles. The van der Waals surface area contributed by atoms with E-state index in [1.165, 1.54) is 35.5 Å². The highest BCUT2D eigenvalue weighted by atomic mass is 32.1. The van der Waals surface area contributed by atoms with Crippen LogP contribution in [0.25, 0.3) is 0 Å². The molecule has 0 saturated carbocycles. The van der Waals surface area contributed by atoms with E-state index in [2.05, 4.69) is 66.7 Å². The predicted octanol–water partition coefficient (Wildman–Crippen LogP) is 7.16. The van der Waals surface area contributed by atoms with E-state index in [9.17, 15) is 0 Å². The average Bonchev–Trinajstić information content (AvgIpc) is 3.14. The van der Waals surface area contributed by atoms with Crippen molar-refractivity contribution in [3.05, 3.63) is 59.7 Å². The highest BCUT2D eigenvalue weighted by molar-refractivity contribution is 7.59. The molecule has 3 rings (SSSR count). The van der Waals surface area contributed by atoms with Crippen LogP contribution in [0.15, 0.2) is 48.5 Å². The number of para-hydroxylation sites is 2. The first-order valence-electron chi connectivity index (χ1n) is 10.3. The SMILES string of the molecule is CC.CC.CC.CCc1ccccc1NC.CN1CCc2ccccc21.S. The monoisotopic (exact) mass is 392 g/mol. The number of hydrogen-bond donors (Lipinski definition) is 1. The van der Waals surface area contributed by atoms with Gasteiger partial charge in [-0.15, -0.1) is 0 Å². The highest BCUT2D eigenvalue weighted by Crippen LogP contribution is 2.25. The molecule has 0 aromatic heterocycles. The Kier molecular flexibility index (Phi) is 23.1. The molecular formula is C24H44N2S. The summed E-state index contributed by atoms with van der Waals surface area (Å²) < 4.78 is 0. The Morgan fingerprint density at radius 1 is 0.852 bits per heavy atom. The van der Waals surface area contributed by atoms with Gasteiger partial charge in [0.1, 0.15) is 0 Å². The van der Waals surface area contributed by atoms with Gasteiger partial charge in [-0.3, -0.25) is 0 Å². The summed E-state index contributed by atoms with van der Waals surface area (Å²) in [7, 11) is 4.10. The van der Waals surface area contributed by atoms with Crippen molar-refractivity contribution in [3.8, 4) is 0 Å². The zero-order valence-corrected chi connectivity index (χ0v) is 20.2. The highest BCUT2D eigenvalue weighted by Gasteiger charge is 2.12. The molecule has 0 fully saturated rings. The van der Waals surface area contributed by atoms with Crippen LogP contribution in [0.1, 0.15) is 59.6 Å². The number of fused-ring (bicyclic) bond motifs is 1. The molecule has 1 heterocycles. The first-order chi connectivity index (χ1) is 12.8. The fraction of sp³-hybridized carbons (Fsp3) is 0.500. The lowest BCUT2D eigenvalue weighted by atomic mass is 10.1. The molecule has 3 heteroatoms. The van der Waals surface area contributed by atoms with E-state index in [0.717, 1.165) is 6.42 Å². The Bertz CT molecular complexity index is 524. The first-order valence-corrected chi connectivity index (χ1v) is 10.3. The number of aryl methyl sites for hydroxylation is 1. The van der Waals surface area contributed by atoms with Gasteiger partial charge in [0.2, 0.25) is 0 Å². The van der Waals surface area contributed by atoms with Crippen molar-refractivity contribution in [1.82, 2.24) is 0 Å². The van der Waals surface area contributed by atoms with Gasteiger partial charge in [0.15, 0.2) is 0 Å². The van der Waals surface area contributed by atoms with Crippen molar-refractivity contribution in [3.63, 3.8) is 0 Å². The number of likely N-dealkylation sites (N-methyl/N-ethyl adjacent to an activating group) is 1. The second-order valence-electron chi connectivity index (χ2n) is 5.06. The summed E-state index contributed by atoms with van der Waals surface area (Å²) in [6.07, 6.45) is 2.31. The van der Waals surface area contributed by atoms with Crippen LogP contribution in [0.5, 0.6) is 0 Å². The standard InChI is InChI=1S/C9H11N.C9H13N.3C2H6.H2S/c1-10-7-6-8-4-2-3-5-9(8)10;1-3-8-6-4-5-7-9(8)10-2;3*1-2;/h2-5H,6-7H2,1H3;4-7,10H,3H2,1-2H3;3*1-2H3;1H2. The predicted molar refractivity (Wildman–Crippen MR) is 133 cm³/mol. The zero-order valence-electron chi connectivity index (χ0n) is 19.2. The summed E-state index contributed by atoms with van der Waals surface area (Å²) in [5.74, 6) is 0. The lowest BCUT2D eigenvalue weighted by Gasteiger charge is -2.10. The lowest BCUT2D eigenvalue weighted by molar-refractivity contribution is 0.956. The molecule has 27 heavy (non-hydrogen) atoms. The number of hydrogen-bond acceptors (Lipinski definition) is 2. The number of anilines is 2. The maximum Gasteiger partial charge on any atom is 0.0396 e. The summed E-state index contributed by atoms with van der Waals surface area (Å²) in [6.45, 7) is 15.3. The third-order valence-corrected chi connectivity index (χ3v) is 3.79. The molecule has 0 radical (unpaired) electrons. The maximum absolute atomic E-state index is 3.15. The Morgan fingerprint density at radius 3 is 1.85 bits per heavy atom. The molecule has 0 spiro atoms. The second-order valence-corrected chi connectivity index (χ2v) is 5.06. The number of rotatable bonds is 2. The van der Waals surface area contributed by atoms with Crippen LogP contribution in [0.2, 0.25) is 0 Å². The quantitative estimate of drug-likeness (QED) is 0.583. The van der Waals surface area contributed by atoms with E-state index < -0.39 is 0 Å². The van der Waals surface area contributed by atoms with Crippen molar-refractivity contribution in [2.75, 3.05) is 30.9 Å². The fourth-order valence-corrected chi connectivity index (χ4v) is 2.58. The van der Waals surface area contributed by atoms with Crippen molar-refractivity contribution >= 4 is 24.9 Å². The lowest BCUT2D eigenvalue weighted by Crippen LogP contribution is -2.12. The third kappa shape index (κ3) is 11.0. The summed E-state index contributed by atoms with van der Waals surface area (Å²) in [5, 5.41) is 3.15. The van der Waals surface area contributed by atoms with Crippen LogP contribution >= 0.6 is 13.5 Å². The van der Waals surface area contributed by atoms with Gasteiger partial charge < -0.3 is 10.2 Å². The van der Waals surface area contributed by atoms with Crippen LogP contribution in [0, 0.1) is 0 Å². The normalized spacial score (nSPS) is 9.89. The Morgan fingerprint density at radius 2 is 1.37 bits per heavy atom. The minimum Gasteiger partial charge on any atom is -0.388 e. The van der Waals surface area contributed by atoms with E-state index in [0.29, 0.717) is 0 Å². The van der Waals surface area contributed by atoms with Gasteiger partial charge in [0.25, 0.3) is 0 Å². The molecule has 1 aliphatic heterocycles. The molecule has 0 atom stereocenters. The van der Waals surface area contributed by atoms with E-state index in [4.69, 9.17) is 0 Å². The first kappa shape index (κ1) is 30.1. The van der Waals surface area contributed by atoms with Crippen molar-refractivity contribution in [1.29, 1.82) is 0 Å². The van der Waals surface area contributed by atoms with Gasteiger partial charge in [0.05, 0.1) is 0 Å². The smallest absolute Gasteiger partial charge is 0.0396 e. The van der Waals surface area contributed by atoms with E-state index in [1.54, 1.807) is 0 Å². The number of benzene rings is 2. The van der Waals surface area contributed by atoms with Crippen molar-refractivity contribution in [2.45, 2.75) is 61.3 Å². The minimum atomic E-state index is 0. The number of nitrogens with one attached hydrogen (secondary N) is 1. The Balaban J connectivity index is -0.000000325. The van der Waals surface area contributed by atoms with Crippen LogP contribution in [0.3, 0.4) is 0 Å². The van der Waals surface area contributed by atoms with Crippen LogP contribution in [-0.2, 0) is 12.8 Å². The molecule has 2 nitrogen and oxygen atoms in total. The summed E-state index contributed by atoms with van der Waals surface area (Å²) in [4.78, 5) is 2.30. The summed E-state index contributed by atoms with van der Waals surface area (Å²) in [5.41, 5.74) is 5.52. The van der Waals surface area contributed by atoms with E-state index in [-0.39, 0.29) is 13.5 Å². The van der Waals surface area contributed by atoms with E-state index in [1.807, 2.05) is 54.7 Å². The third-order valence-electron chi connectivity index (χ3n) is 3.79. The van der Waals surface area contributed by atoms with Crippen LogP contribution in [0.4, 0.5) is 11.4 Å². The van der Waals surface area contributed by atoms with Crippen LogP contribution in [-0.4, -0.2) is 20.6 Å². The zero-order chi connectivity index (χ0) is 20.4. The van der Waals surface area contributed by atoms with Gasteiger partial charge in [-0.1, -0.05) is 84.9 Å². The molecule has 1 N–H and O–H groups in total. The summed E-state index contributed by atoms with van der Waals surface area (Å²) >= 11 is 0. The molecule has 0 amide bonds. The molecular weight excluding hydrogens is 348 g/mol. The molecule has 0 unspecified atom stereocenters. The molecule has 1 aliphatic rings. The van der Waals surface area contributed by atoms with Crippen LogP contribution < -0.4 is 10.2 Å². The van der Waals surface area contributed by atoms with Gasteiger partial charge >= 0.3 is 0 Å². The topological polar surface area (TPSA) is 15.3 Å². The van der Waals surface area contributed by atoms with Gasteiger partial charge in [0, 0.05) is 32.0 Å². The molecule has 0 saturated heterocycles. The van der Waals surface area contributed by atoms with Crippen molar-refractivity contribution < 1.29 is 0 Å². The van der Waals surface area contributed by atoms with Crippen molar-refractivity contribution in [2.24, 2.45) is 0 Å². The molecule has 2 aromatic rings. The summed E-state index contributed by atoms with van der Waals surface area (Å²) in [6, 6.07) is 17.0. The van der Waals surface area contributed by atoms with Gasteiger partial charge in [-0.25, -0.2) is 0 Å². The average molecular weight is 393 g/mol. The molecule has 2 aromatic carbocycles. The Hall–Kier alpha value is -1.61. The minimum absolute atomic E-state index is 0. The molecule has 0 bridgehead atoms. The maximum atomic E-state index is 3.15. The molecule has 156 valence electrons. The Labute approximate surface area is 176 Å². The second kappa shape index (κ2) is 20.7. The fourth-order valence-electron chi connectivity index (χ4n) is 2.58. The number of nitrogens with zero attached hydrogens (tertiary/aromatic N) is 1. The van der Waals surface area contributed by atoms with Gasteiger partial charge in [-0.05, 0) is 36.1 Å².